The average Bonchev–Trinajstić information content (AvgIpc) is 2.82. The largest absolute Gasteiger partial charge is 0.480 e. The molecule has 0 fully saturated rings. The minimum atomic E-state index is -0.981. The molecule has 0 aliphatic rings. The molecule has 0 saturated carbocycles. The van der Waals surface area contributed by atoms with Gasteiger partial charge in [0.15, 0.2) is 0 Å². The van der Waals surface area contributed by atoms with Gasteiger partial charge in [0.1, 0.15) is 6.04 Å². The molecule has 1 aromatic rings. The summed E-state index contributed by atoms with van der Waals surface area (Å²) >= 11 is 1.53. The number of carboxylic acids is 1. The van der Waals surface area contributed by atoms with Gasteiger partial charge in [0, 0.05) is 10.8 Å². The number of amides is 1. The van der Waals surface area contributed by atoms with Gasteiger partial charge < -0.3 is 10.4 Å². The monoisotopic (exact) mass is 312 g/mol. The molecule has 0 aliphatic heterocycles. The number of aliphatic carboxylic acids is 1. The first-order valence-electron chi connectivity index (χ1n) is 7.21. The highest BCUT2D eigenvalue weighted by Gasteiger charge is 2.21. The van der Waals surface area contributed by atoms with Crippen LogP contribution in [-0.2, 0) is 21.4 Å². The van der Waals surface area contributed by atoms with Crippen molar-refractivity contribution < 1.29 is 14.7 Å². The first-order chi connectivity index (χ1) is 9.74. The second kappa shape index (κ2) is 7.54. The summed E-state index contributed by atoms with van der Waals surface area (Å²) in [4.78, 5) is 27.5. The Kier molecular flexibility index (Phi) is 6.33. The van der Waals surface area contributed by atoms with Crippen LogP contribution in [-0.4, -0.2) is 28.0 Å². The van der Waals surface area contributed by atoms with Crippen LogP contribution in [0.25, 0.3) is 0 Å². The summed E-state index contributed by atoms with van der Waals surface area (Å²) in [5, 5.41) is 14.5. The lowest BCUT2D eigenvalue weighted by Gasteiger charge is -2.14. The Morgan fingerprint density at radius 2 is 2.10 bits per heavy atom. The molecule has 0 saturated heterocycles. The van der Waals surface area contributed by atoms with Crippen LogP contribution in [0.1, 0.15) is 57.7 Å². The number of carboxylic acid groups (broad SMARTS) is 1. The normalized spacial score (nSPS) is 13.0. The minimum absolute atomic E-state index is 0.0376. The molecular formula is C15H24N2O3S. The van der Waals surface area contributed by atoms with Gasteiger partial charge in [-0.3, -0.25) is 4.79 Å². The van der Waals surface area contributed by atoms with Crippen LogP contribution < -0.4 is 5.32 Å². The van der Waals surface area contributed by atoms with Crippen molar-refractivity contribution in [2.45, 2.75) is 64.8 Å². The van der Waals surface area contributed by atoms with Crippen molar-refractivity contribution in [2.24, 2.45) is 0 Å². The van der Waals surface area contributed by atoms with Gasteiger partial charge in [0.05, 0.1) is 17.1 Å². The van der Waals surface area contributed by atoms with E-state index in [-0.39, 0.29) is 17.7 Å². The molecule has 0 bridgehead atoms. The van der Waals surface area contributed by atoms with Crippen molar-refractivity contribution in [2.75, 3.05) is 0 Å². The van der Waals surface area contributed by atoms with Gasteiger partial charge in [-0.2, -0.15) is 0 Å². The lowest BCUT2D eigenvalue weighted by atomic mass is 9.98. The molecule has 1 rings (SSSR count). The van der Waals surface area contributed by atoms with E-state index in [0.29, 0.717) is 12.1 Å². The van der Waals surface area contributed by atoms with E-state index in [4.69, 9.17) is 5.11 Å². The van der Waals surface area contributed by atoms with Crippen LogP contribution in [0, 0.1) is 0 Å². The SMILES string of the molecule is CCCCC(NC(=O)Cc1csc(C(C)(C)C)n1)C(=O)O. The van der Waals surface area contributed by atoms with Crippen molar-refractivity contribution in [3.05, 3.63) is 16.1 Å². The number of rotatable bonds is 7. The fourth-order valence-electron chi connectivity index (χ4n) is 1.81. The Labute approximate surface area is 129 Å². The number of hydrogen-bond acceptors (Lipinski definition) is 4. The van der Waals surface area contributed by atoms with Crippen molar-refractivity contribution in [3.8, 4) is 0 Å². The number of carbonyl (C=O) groups is 2. The Morgan fingerprint density at radius 3 is 2.57 bits per heavy atom. The van der Waals surface area contributed by atoms with E-state index >= 15 is 0 Å². The number of nitrogens with one attached hydrogen (secondary N) is 1. The molecule has 0 aliphatic carbocycles. The van der Waals surface area contributed by atoms with E-state index < -0.39 is 12.0 Å². The van der Waals surface area contributed by atoms with Gasteiger partial charge in [-0.15, -0.1) is 11.3 Å². The zero-order valence-corrected chi connectivity index (χ0v) is 13.9. The molecular weight excluding hydrogens is 288 g/mol. The first kappa shape index (κ1) is 17.6. The Bertz CT molecular complexity index is 491. The van der Waals surface area contributed by atoms with Crippen molar-refractivity contribution in [1.82, 2.24) is 10.3 Å². The predicted molar refractivity (Wildman–Crippen MR) is 83.6 cm³/mol. The van der Waals surface area contributed by atoms with Crippen molar-refractivity contribution in [3.63, 3.8) is 0 Å². The predicted octanol–water partition coefficient (Wildman–Crippen LogP) is 2.74. The molecule has 2 N–H and O–H groups in total. The second-order valence-electron chi connectivity index (χ2n) is 6.17. The number of aromatic nitrogens is 1. The van der Waals surface area contributed by atoms with Crippen LogP contribution >= 0.6 is 11.3 Å². The maximum absolute atomic E-state index is 11.9. The van der Waals surface area contributed by atoms with Crippen LogP contribution in [0.15, 0.2) is 5.38 Å². The van der Waals surface area contributed by atoms with E-state index in [0.717, 1.165) is 17.8 Å². The Morgan fingerprint density at radius 1 is 1.43 bits per heavy atom. The smallest absolute Gasteiger partial charge is 0.326 e. The van der Waals surface area contributed by atoms with E-state index in [9.17, 15) is 9.59 Å². The number of thiazole rings is 1. The molecule has 118 valence electrons. The topological polar surface area (TPSA) is 79.3 Å². The standard InChI is InChI=1S/C15H24N2O3S/c1-5-6-7-11(13(19)20)17-12(18)8-10-9-21-14(16-10)15(2,3)4/h9,11H,5-8H2,1-4H3,(H,17,18)(H,19,20). The number of carbonyl (C=O) groups excluding carboxylic acids is 1. The van der Waals surface area contributed by atoms with Gasteiger partial charge in [-0.05, 0) is 6.42 Å². The van der Waals surface area contributed by atoms with Gasteiger partial charge in [0.25, 0.3) is 0 Å². The summed E-state index contributed by atoms with van der Waals surface area (Å²) in [6.45, 7) is 8.20. The van der Waals surface area contributed by atoms with E-state index in [2.05, 4.69) is 31.1 Å². The summed E-state index contributed by atoms with van der Waals surface area (Å²) in [6.07, 6.45) is 2.27. The molecule has 0 radical (unpaired) electrons. The third-order valence-electron chi connectivity index (χ3n) is 3.01. The lowest BCUT2D eigenvalue weighted by Crippen LogP contribution is -2.41. The van der Waals surface area contributed by atoms with E-state index in [1.165, 1.54) is 11.3 Å². The van der Waals surface area contributed by atoms with E-state index in [1.54, 1.807) is 0 Å². The molecule has 21 heavy (non-hydrogen) atoms. The summed E-state index contributed by atoms with van der Waals surface area (Å²) in [5.41, 5.74) is 0.659. The summed E-state index contributed by atoms with van der Waals surface area (Å²) in [6, 6.07) is -0.807. The molecule has 0 aromatic carbocycles. The van der Waals surface area contributed by atoms with Crippen molar-refractivity contribution >= 4 is 23.2 Å². The Hall–Kier alpha value is -1.43. The molecule has 6 heteroatoms. The lowest BCUT2D eigenvalue weighted by molar-refractivity contribution is -0.142. The second-order valence-corrected chi connectivity index (χ2v) is 7.03. The van der Waals surface area contributed by atoms with Crippen LogP contribution in [0.4, 0.5) is 0 Å². The van der Waals surface area contributed by atoms with Crippen LogP contribution in [0.2, 0.25) is 0 Å². The molecule has 1 atom stereocenters. The maximum atomic E-state index is 11.9. The van der Waals surface area contributed by atoms with Crippen LogP contribution in [0.3, 0.4) is 0 Å². The summed E-state index contributed by atoms with van der Waals surface area (Å²) in [5.74, 6) is -1.27. The third kappa shape index (κ3) is 5.83. The highest BCUT2D eigenvalue weighted by Crippen LogP contribution is 2.25. The van der Waals surface area contributed by atoms with Gasteiger partial charge >= 0.3 is 5.97 Å². The highest BCUT2D eigenvalue weighted by molar-refractivity contribution is 7.09. The quantitative estimate of drug-likeness (QED) is 0.811. The third-order valence-corrected chi connectivity index (χ3v) is 4.33. The Balaban J connectivity index is 2.60. The van der Waals surface area contributed by atoms with Gasteiger partial charge in [-0.1, -0.05) is 40.5 Å². The minimum Gasteiger partial charge on any atom is -0.480 e. The molecule has 1 aromatic heterocycles. The summed E-state index contributed by atoms with van der Waals surface area (Å²) in [7, 11) is 0. The number of nitrogens with zero attached hydrogens (tertiary/aromatic N) is 1. The van der Waals surface area contributed by atoms with Gasteiger partial charge in [-0.25, -0.2) is 9.78 Å². The fraction of sp³-hybridized carbons (Fsp3) is 0.667. The molecule has 5 nitrogen and oxygen atoms in total. The highest BCUT2D eigenvalue weighted by atomic mass is 32.1. The molecule has 0 spiro atoms. The molecule has 1 heterocycles. The first-order valence-corrected chi connectivity index (χ1v) is 8.09. The van der Waals surface area contributed by atoms with Crippen molar-refractivity contribution in [1.29, 1.82) is 0 Å². The fourth-order valence-corrected chi connectivity index (χ4v) is 2.72. The zero-order chi connectivity index (χ0) is 16.0. The average molecular weight is 312 g/mol. The summed E-state index contributed by atoms with van der Waals surface area (Å²) < 4.78 is 0. The van der Waals surface area contributed by atoms with Crippen LogP contribution in [0.5, 0.6) is 0 Å². The van der Waals surface area contributed by atoms with E-state index in [1.807, 2.05) is 12.3 Å². The number of hydrogen-bond donors (Lipinski definition) is 2. The maximum Gasteiger partial charge on any atom is 0.326 e. The molecule has 1 amide bonds. The number of unbranched alkanes of at least 4 members (excludes halogenated alkanes) is 1. The zero-order valence-electron chi connectivity index (χ0n) is 13.1. The molecule has 1 unspecified atom stereocenters. The van der Waals surface area contributed by atoms with Gasteiger partial charge in [0.2, 0.25) is 5.91 Å².